The van der Waals surface area contributed by atoms with Crippen molar-refractivity contribution in [2.75, 3.05) is 12.9 Å². The molecule has 5 nitrogen and oxygen atoms in total. The molecule has 2 aromatic rings. The van der Waals surface area contributed by atoms with Crippen LogP contribution in [0.3, 0.4) is 0 Å². The van der Waals surface area contributed by atoms with Gasteiger partial charge in [0.15, 0.2) is 0 Å². The Kier molecular flexibility index (Phi) is 4.68. The highest BCUT2D eigenvalue weighted by atomic mass is 32.2. The van der Waals surface area contributed by atoms with E-state index in [4.69, 9.17) is 9.84 Å². The molecule has 0 fully saturated rings. The van der Waals surface area contributed by atoms with Crippen molar-refractivity contribution in [2.24, 2.45) is 0 Å². The van der Waals surface area contributed by atoms with Crippen LogP contribution in [0.15, 0.2) is 35.4 Å². The molecule has 0 radical (unpaired) electrons. The zero-order chi connectivity index (χ0) is 14.5. The molecule has 1 aromatic heterocycles. The lowest BCUT2D eigenvalue weighted by Crippen LogP contribution is -2.02. The first kappa shape index (κ1) is 14.5. The molecule has 1 N–H and O–H groups in total. The summed E-state index contributed by atoms with van der Waals surface area (Å²) >= 11 is 1.27. The van der Waals surface area contributed by atoms with Crippen molar-refractivity contribution in [2.45, 2.75) is 18.4 Å². The summed E-state index contributed by atoms with van der Waals surface area (Å²) in [7, 11) is 1.62. The molecule has 1 aromatic carbocycles. The molecule has 0 spiro atoms. The fraction of sp³-hybridized carbons (Fsp3) is 0.286. The fourth-order valence-electron chi connectivity index (χ4n) is 1.73. The van der Waals surface area contributed by atoms with Crippen LogP contribution in [0.5, 0.6) is 5.75 Å². The SMILES string of the molecule is CCc1cc(SCC(=O)O)n(-c2ccc(OC)cc2)n1. The molecule has 0 saturated heterocycles. The number of aliphatic carboxylic acids is 1. The smallest absolute Gasteiger partial charge is 0.313 e. The Bertz CT molecular complexity index is 593. The third-order valence-corrected chi connectivity index (χ3v) is 3.73. The van der Waals surface area contributed by atoms with Crippen LogP contribution in [0.4, 0.5) is 0 Å². The Morgan fingerprint density at radius 1 is 1.40 bits per heavy atom. The van der Waals surface area contributed by atoms with Gasteiger partial charge < -0.3 is 9.84 Å². The standard InChI is InChI=1S/C14H16N2O3S/c1-3-10-8-13(20-9-14(17)18)16(15-10)11-4-6-12(19-2)7-5-11/h4-8H,3,9H2,1-2H3,(H,17,18). The van der Waals surface area contributed by atoms with Crippen molar-refractivity contribution in [3.8, 4) is 11.4 Å². The average molecular weight is 292 g/mol. The van der Waals surface area contributed by atoms with Gasteiger partial charge in [-0.1, -0.05) is 18.7 Å². The first-order valence-corrected chi connectivity index (χ1v) is 7.20. The van der Waals surface area contributed by atoms with Crippen molar-refractivity contribution < 1.29 is 14.6 Å². The van der Waals surface area contributed by atoms with Crippen LogP contribution in [0.1, 0.15) is 12.6 Å². The van der Waals surface area contributed by atoms with Gasteiger partial charge in [0.1, 0.15) is 10.8 Å². The molecule has 0 atom stereocenters. The summed E-state index contributed by atoms with van der Waals surface area (Å²) in [6.07, 6.45) is 0.809. The molecule has 0 saturated carbocycles. The minimum atomic E-state index is -0.837. The highest BCUT2D eigenvalue weighted by Crippen LogP contribution is 2.24. The van der Waals surface area contributed by atoms with E-state index < -0.39 is 5.97 Å². The van der Waals surface area contributed by atoms with Crippen LogP contribution >= 0.6 is 11.8 Å². The maximum atomic E-state index is 10.7. The highest BCUT2D eigenvalue weighted by molar-refractivity contribution is 7.99. The lowest BCUT2D eigenvalue weighted by molar-refractivity contribution is -0.133. The van der Waals surface area contributed by atoms with E-state index in [0.717, 1.165) is 28.6 Å². The number of ether oxygens (including phenoxy) is 1. The number of carboxylic acid groups (broad SMARTS) is 1. The number of rotatable bonds is 6. The van der Waals surface area contributed by atoms with Crippen LogP contribution in [0, 0.1) is 0 Å². The molecule has 0 aliphatic rings. The first-order valence-electron chi connectivity index (χ1n) is 6.22. The summed E-state index contributed by atoms with van der Waals surface area (Å²) in [5.41, 5.74) is 1.83. The zero-order valence-corrected chi connectivity index (χ0v) is 12.2. The Balaban J connectivity index is 2.32. The van der Waals surface area contributed by atoms with Crippen molar-refractivity contribution in [3.63, 3.8) is 0 Å². The molecule has 0 unspecified atom stereocenters. The quantitative estimate of drug-likeness (QED) is 0.829. The van der Waals surface area contributed by atoms with Crippen molar-refractivity contribution >= 4 is 17.7 Å². The van der Waals surface area contributed by atoms with E-state index >= 15 is 0 Å². The monoisotopic (exact) mass is 292 g/mol. The number of aryl methyl sites for hydroxylation is 1. The zero-order valence-electron chi connectivity index (χ0n) is 11.4. The number of nitrogens with zero attached hydrogens (tertiary/aromatic N) is 2. The Labute approximate surface area is 121 Å². The first-order chi connectivity index (χ1) is 9.63. The molecular weight excluding hydrogens is 276 g/mol. The number of carboxylic acids is 1. The summed E-state index contributed by atoms with van der Waals surface area (Å²) < 4.78 is 6.90. The average Bonchev–Trinajstić information content (AvgIpc) is 2.88. The van der Waals surface area contributed by atoms with E-state index in [1.807, 2.05) is 37.3 Å². The minimum absolute atomic E-state index is 0.0189. The Morgan fingerprint density at radius 3 is 2.65 bits per heavy atom. The maximum absolute atomic E-state index is 10.7. The predicted molar refractivity (Wildman–Crippen MR) is 77.9 cm³/mol. The molecule has 1 heterocycles. The molecule has 106 valence electrons. The van der Waals surface area contributed by atoms with Gasteiger partial charge in [-0.2, -0.15) is 5.10 Å². The fourth-order valence-corrected chi connectivity index (χ4v) is 2.49. The van der Waals surface area contributed by atoms with Gasteiger partial charge in [0.25, 0.3) is 0 Å². The van der Waals surface area contributed by atoms with Gasteiger partial charge in [-0.05, 0) is 36.8 Å². The lowest BCUT2D eigenvalue weighted by atomic mass is 10.3. The van der Waals surface area contributed by atoms with E-state index in [-0.39, 0.29) is 5.75 Å². The molecule has 0 amide bonds. The van der Waals surface area contributed by atoms with E-state index in [1.165, 1.54) is 11.8 Å². The maximum Gasteiger partial charge on any atom is 0.313 e. The topological polar surface area (TPSA) is 64.3 Å². The second-order valence-electron chi connectivity index (χ2n) is 4.12. The van der Waals surface area contributed by atoms with Gasteiger partial charge in [-0.3, -0.25) is 4.79 Å². The van der Waals surface area contributed by atoms with Gasteiger partial charge >= 0.3 is 5.97 Å². The number of thioether (sulfide) groups is 1. The van der Waals surface area contributed by atoms with Gasteiger partial charge in [-0.15, -0.1) is 0 Å². The number of hydrogen-bond donors (Lipinski definition) is 1. The Morgan fingerprint density at radius 2 is 2.10 bits per heavy atom. The largest absolute Gasteiger partial charge is 0.497 e. The third-order valence-electron chi connectivity index (χ3n) is 2.75. The van der Waals surface area contributed by atoms with Gasteiger partial charge in [-0.25, -0.2) is 4.68 Å². The van der Waals surface area contributed by atoms with Crippen LogP contribution in [-0.2, 0) is 11.2 Å². The molecule has 0 aliphatic heterocycles. The van der Waals surface area contributed by atoms with E-state index in [9.17, 15) is 4.79 Å². The van der Waals surface area contributed by atoms with Crippen LogP contribution in [0.2, 0.25) is 0 Å². The second-order valence-corrected chi connectivity index (χ2v) is 5.12. The third kappa shape index (κ3) is 3.33. The van der Waals surface area contributed by atoms with Crippen LogP contribution < -0.4 is 4.74 Å². The molecule has 6 heteroatoms. The van der Waals surface area contributed by atoms with Crippen molar-refractivity contribution in [1.82, 2.24) is 9.78 Å². The van der Waals surface area contributed by atoms with Crippen molar-refractivity contribution in [3.05, 3.63) is 36.0 Å². The highest BCUT2D eigenvalue weighted by Gasteiger charge is 2.11. The molecule has 20 heavy (non-hydrogen) atoms. The number of carbonyl (C=O) groups is 1. The second kappa shape index (κ2) is 6.47. The van der Waals surface area contributed by atoms with Gasteiger partial charge in [0.05, 0.1) is 24.2 Å². The van der Waals surface area contributed by atoms with E-state index in [1.54, 1.807) is 11.8 Å². The molecular formula is C14H16N2O3S. The van der Waals surface area contributed by atoms with Crippen LogP contribution in [0.25, 0.3) is 5.69 Å². The number of aromatic nitrogens is 2. The van der Waals surface area contributed by atoms with Crippen molar-refractivity contribution in [1.29, 1.82) is 0 Å². The predicted octanol–water partition coefficient (Wildman–Crippen LogP) is 2.62. The van der Waals surface area contributed by atoms with Gasteiger partial charge in [0, 0.05) is 0 Å². The minimum Gasteiger partial charge on any atom is -0.497 e. The molecule has 0 aliphatic carbocycles. The lowest BCUT2D eigenvalue weighted by Gasteiger charge is -2.07. The summed E-state index contributed by atoms with van der Waals surface area (Å²) in [5, 5.41) is 14.1. The summed E-state index contributed by atoms with van der Waals surface area (Å²) in [6, 6.07) is 9.44. The summed E-state index contributed by atoms with van der Waals surface area (Å²) in [6.45, 7) is 2.02. The Hall–Kier alpha value is -1.95. The number of benzene rings is 1. The molecule has 2 rings (SSSR count). The van der Waals surface area contributed by atoms with Gasteiger partial charge in [0.2, 0.25) is 0 Å². The summed E-state index contributed by atoms with van der Waals surface area (Å²) in [4.78, 5) is 10.7. The normalized spacial score (nSPS) is 10.5. The molecule has 0 bridgehead atoms. The van der Waals surface area contributed by atoms with E-state index in [2.05, 4.69) is 5.10 Å². The number of hydrogen-bond acceptors (Lipinski definition) is 4. The van der Waals surface area contributed by atoms with E-state index in [0.29, 0.717) is 0 Å². The van der Waals surface area contributed by atoms with Crippen LogP contribution in [-0.4, -0.2) is 33.7 Å². The summed E-state index contributed by atoms with van der Waals surface area (Å²) in [5.74, 6) is -0.0442. The number of methoxy groups -OCH3 is 1.